The van der Waals surface area contributed by atoms with E-state index >= 15 is 0 Å². The Morgan fingerprint density at radius 1 is 0.714 bits per heavy atom. The van der Waals surface area contributed by atoms with E-state index in [1.54, 1.807) is 0 Å². The molecule has 12 heteroatoms. The Morgan fingerprint density at radius 3 is 1.18 bits per heavy atom. The summed E-state index contributed by atoms with van der Waals surface area (Å²) in [7, 11) is -7.73. The SMILES string of the molecule is CC1(C)COP(=O)(C/C(C(=O)O)=C(/CP2(=O)OCC(C)(C)CO2)C(=O)O)OC1. The van der Waals surface area contributed by atoms with Crippen LogP contribution in [-0.4, -0.2) is 60.9 Å². The quantitative estimate of drug-likeness (QED) is 0.467. The molecular weight excluding hydrogens is 414 g/mol. The molecule has 0 aromatic rings. The van der Waals surface area contributed by atoms with Gasteiger partial charge in [-0.1, -0.05) is 27.7 Å². The van der Waals surface area contributed by atoms with Crippen molar-refractivity contribution in [2.45, 2.75) is 27.7 Å². The molecule has 0 aromatic heterocycles. The molecule has 2 fully saturated rings. The van der Waals surface area contributed by atoms with Crippen molar-refractivity contribution in [3.63, 3.8) is 0 Å². The van der Waals surface area contributed by atoms with Gasteiger partial charge in [-0.3, -0.25) is 9.13 Å². The Balaban J connectivity index is 2.29. The number of aliphatic carboxylic acids is 2. The highest BCUT2D eigenvalue weighted by Gasteiger charge is 2.42. The molecule has 0 unspecified atom stereocenters. The molecule has 2 heterocycles. The zero-order valence-corrected chi connectivity index (χ0v) is 18.1. The number of rotatable bonds is 6. The predicted octanol–water partition coefficient (Wildman–Crippen LogP) is 2.98. The van der Waals surface area contributed by atoms with Gasteiger partial charge in [0, 0.05) is 10.8 Å². The van der Waals surface area contributed by atoms with Crippen molar-refractivity contribution < 1.29 is 47.0 Å². The standard InChI is InChI=1S/C16H26O10P2/c1-15(2)7-23-27(21,24-8-15)5-11(13(17)18)12(14(19)20)6-28(22)25-9-16(3,4)10-26-28/h5-10H2,1-4H3,(H,17,18)(H,19,20)/b12-11+. The fourth-order valence-electron chi connectivity index (χ4n) is 2.40. The van der Waals surface area contributed by atoms with Crippen LogP contribution in [0.3, 0.4) is 0 Å². The molecule has 0 spiro atoms. The molecule has 0 aromatic carbocycles. The molecule has 2 aliphatic heterocycles. The zero-order valence-electron chi connectivity index (χ0n) is 16.3. The number of carboxylic acids is 2. The molecule has 160 valence electrons. The largest absolute Gasteiger partial charge is 0.478 e. The first kappa shape index (κ1) is 23.3. The van der Waals surface area contributed by atoms with Gasteiger partial charge >= 0.3 is 27.1 Å². The number of hydrogen-bond acceptors (Lipinski definition) is 8. The maximum atomic E-state index is 12.8. The topological polar surface area (TPSA) is 146 Å². The van der Waals surface area contributed by atoms with Crippen molar-refractivity contribution in [1.29, 1.82) is 0 Å². The molecule has 2 N–H and O–H groups in total. The molecule has 0 atom stereocenters. The monoisotopic (exact) mass is 440 g/mol. The maximum Gasteiger partial charge on any atom is 0.335 e. The van der Waals surface area contributed by atoms with Crippen molar-refractivity contribution in [3.8, 4) is 0 Å². The highest BCUT2D eigenvalue weighted by molar-refractivity contribution is 7.54. The molecule has 0 saturated carbocycles. The first-order valence-corrected chi connectivity index (χ1v) is 12.1. The lowest BCUT2D eigenvalue weighted by molar-refractivity contribution is -0.135. The summed E-state index contributed by atoms with van der Waals surface area (Å²) in [5, 5.41) is 19.0. The van der Waals surface area contributed by atoms with Gasteiger partial charge in [0.1, 0.15) is 0 Å². The smallest absolute Gasteiger partial charge is 0.335 e. The van der Waals surface area contributed by atoms with Gasteiger partial charge in [0.15, 0.2) is 0 Å². The number of carbonyl (C=O) groups is 2. The summed E-state index contributed by atoms with van der Waals surface area (Å²) in [6.07, 6.45) is -1.52. The van der Waals surface area contributed by atoms with Crippen LogP contribution >= 0.6 is 15.2 Å². The second-order valence-corrected chi connectivity index (χ2v) is 12.6. The molecule has 2 saturated heterocycles. The second-order valence-electron chi connectivity index (χ2n) is 8.53. The van der Waals surface area contributed by atoms with Gasteiger partial charge in [0.25, 0.3) is 0 Å². The lowest BCUT2D eigenvalue weighted by atomic mass is 9.97. The van der Waals surface area contributed by atoms with Gasteiger partial charge in [-0.05, 0) is 0 Å². The fourth-order valence-corrected chi connectivity index (χ4v) is 6.53. The lowest BCUT2D eigenvalue weighted by Crippen LogP contribution is -2.32. The third-order valence-corrected chi connectivity index (χ3v) is 7.69. The minimum Gasteiger partial charge on any atom is -0.478 e. The van der Waals surface area contributed by atoms with Crippen LogP contribution in [0.2, 0.25) is 0 Å². The summed E-state index contributed by atoms with van der Waals surface area (Å²) >= 11 is 0. The summed E-state index contributed by atoms with van der Waals surface area (Å²) < 4.78 is 46.5. The Morgan fingerprint density at radius 2 is 0.964 bits per heavy atom. The molecule has 2 aliphatic rings. The highest BCUT2D eigenvalue weighted by Crippen LogP contribution is 2.57. The van der Waals surface area contributed by atoms with Crippen molar-refractivity contribution in [2.75, 3.05) is 38.8 Å². The minimum absolute atomic E-state index is 0.0688. The Bertz CT molecular complexity index is 690. The third-order valence-electron chi connectivity index (χ3n) is 4.19. The van der Waals surface area contributed by atoms with Gasteiger partial charge in [-0.15, -0.1) is 0 Å². The van der Waals surface area contributed by atoms with E-state index < -0.39 is 61.4 Å². The summed E-state index contributed by atoms with van der Waals surface area (Å²) in [5.74, 6) is -3.23. The molecule has 28 heavy (non-hydrogen) atoms. The van der Waals surface area contributed by atoms with Crippen molar-refractivity contribution in [2.24, 2.45) is 10.8 Å². The van der Waals surface area contributed by atoms with Crippen LogP contribution in [0.25, 0.3) is 0 Å². The summed E-state index contributed by atoms with van der Waals surface area (Å²) in [6, 6.07) is 0. The summed E-state index contributed by atoms with van der Waals surface area (Å²) in [6.45, 7) is 7.55. The van der Waals surface area contributed by atoms with Gasteiger partial charge in [0.05, 0.1) is 49.9 Å². The number of carboxylic acid groups (broad SMARTS) is 2. The van der Waals surface area contributed by atoms with Gasteiger partial charge in [0.2, 0.25) is 0 Å². The lowest BCUT2D eigenvalue weighted by Gasteiger charge is -2.35. The Labute approximate surface area is 163 Å². The van der Waals surface area contributed by atoms with Gasteiger partial charge in [-0.25, -0.2) is 9.59 Å². The van der Waals surface area contributed by atoms with Crippen molar-refractivity contribution in [3.05, 3.63) is 11.1 Å². The predicted molar refractivity (Wildman–Crippen MR) is 98.6 cm³/mol. The molecule has 10 nitrogen and oxygen atoms in total. The summed E-state index contributed by atoms with van der Waals surface area (Å²) in [4.78, 5) is 23.4. The van der Waals surface area contributed by atoms with Crippen molar-refractivity contribution in [1.82, 2.24) is 0 Å². The van der Waals surface area contributed by atoms with Crippen LogP contribution < -0.4 is 0 Å². The summed E-state index contributed by atoms with van der Waals surface area (Å²) in [5.41, 5.74) is -2.22. The van der Waals surface area contributed by atoms with E-state index in [1.165, 1.54) is 0 Å². The highest BCUT2D eigenvalue weighted by atomic mass is 31.2. The van der Waals surface area contributed by atoms with Crippen molar-refractivity contribution >= 4 is 27.1 Å². The fraction of sp³-hybridized carbons (Fsp3) is 0.750. The van der Waals surface area contributed by atoms with Crippen LogP contribution in [0.4, 0.5) is 0 Å². The molecule has 0 bridgehead atoms. The molecule has 0 radical (unpaired) electrons. The zero-order chi connectivity index (χ0) is 21.4. The first-order chi connectivity index (χ1) is 12.7. The van der Waals surface area contributed by atoms with Crippen LogP contribution in [0, 0.1) is 10.8 Å². The maximum absolute atomic E-state index is 12.8. The van der Waals surface area contributed by atoms with E-state index in [9.17, 15) is 28.9 Å². The van der Waals surface area contributed by atoms with Crippen LogP contribution in [0.5, 0.6) is 0 Å². The minimum atomic E-state index is -3.87. The van der Waals surface area contributed by atoms with E-state index in [4.69, 9.17) is 18.1 Å². The van der Waals surface area contributed by atoms with Crippen LogP contribution in [0.1, 0.15) is 27.7 Å². The Kier molecular flexibility index (Phi) is 6.66. The second kappa shape index (κ2) is 8.01. The first-order valence-electron chi connectivity index (χ1n) is 8.61. The van der Waals surface area contributed by atoms with Crippen LogP contribution in [-0.2, 0) is 36.8 Å². The van der Waals surface area contributed by atoms with Gasteiger partial charge < -0.3 is 28.3 Å². The molecule has 0 aliphatic carbocycles. The molecule has 2 rings (SSSR count). The van der Waals surface area contributed by atoms with E-state index in [1.807, 2.05) is 27.7 Å². The van der Waals surface area contributed by atoms with E-state index in [0.717, 1.165) is 0 Å². The third kappa shape index (κ3) is 5.99. The van der Waals surface area contributed by atoms with E-state index in [2.05, 4.69) is 0 Å². The molecule has 0 amide bonds. The van der Waals surface area contributed by atoms with E-state index in [0.29, 0.717) is 0 Å². The average molecular weight is 440 g/mol. The van der Waals surface area contributed by atoms with E-state index in [-0.39, 0.29) is 26.4 Å². The number of hydrogen-bond donors (Lipinski definition) is 2. The van der Waals surface area contributed by atoms with Crippen LogP contribution in [0.15, 0.2) is 11.1 Å². The normalized spacial score (nSPS) is 26.1. The van der Waals surface area contributed by atoms with Gasteiger partial charge in [-0.2, -0.15) is 0 Å². The molecular formula is C16H26O10P2. The Hall–Kier alpha value is -1.02. The average Bonchev–Trinajstić information content (AvgIpc) is 2.57.